The van der Waals surface area contributed by atoms with Crippen LogP contribution >= 0.6 is 11.6 Å². The quantitative estimate of drug-likeness (QED) is 0.907. The molecule has 1 amide bonds. The second-order valence-electron chi connectivity index (χ2n) is 4.29. The van der Waals surface area contributed by atoms with E-state index in [1.807, 2.05) is 0 Å². The summed E-state index contributed by atoms with van der Waals surface area (Å²) in [6.07, 6.45) is 0. The van der Waals surface area contributed by atoms with Crippen LogP contribution in [0.3, 0.4) is 0 Å². The van der Waals surface area contributed by atoms with Crippen LogP contribution in [0.1, 0.15) is 6.92 Å². The Hall–Kier alpha value is -2.05. The third-order valence-corrected chi connectivity index (χ3v) is 4.19. The molecule has 0 fully saturated rings. The van der Waals surface area contributed by atoms with Gasteiger partial charge in [-0.25, -0.2) is 8.42 Å². The van der Waals surface area contributed by atoms with E-state index in [1.54, 1.807) is 36.4 Å². The number of amides is 1. The largest absolute Gasteiger partial charge is 0.325 e. The van der Waals surface area contributed by atoms with Gasteiger partial charge in [-0.2, -0.15) is 0 Å². The van der Waals surface area contributed by atoms with Crippen molar-refractivity contribution in [3.63, 3.8) is 0 Å². The molecule has 2 aromatic carbocycles. The van der Waals surface area contributed by atoms with E-state index < -0.39 is 10.0 Å². The molecule has 0 saturated carbocycles. The third-order valence-electron chi connectivity index (χ3n) is 2.59. The number of rotatable bonds is 4. The molecule has 0 heterocycles. The SMILES string of the molecule is CC(=O)Nc1ccccc1NS(=O)(=O)c1cccc(Cl)c1. The molecule has 0 aliphatic rings. The number of carbonyl (C=O) groups is 1. The van der Waals surface area contributed by atoms with Crippen molar-refractivity contribution < 1.29 is 13.2 Å². The van der Waals surface area contributed by atoms with Gasteiger partial charge in [0.15, 0.2) is 0 Å². The molecule has 0 aliphatic carbocycles. The predicted octanol–water partition coefficient (Wildman–Crippen LogP) is 3.10. The minimum atomic E-state index is -3.78. The monoisotopic (exact) mass is 324 g/mol. The molecule has 7 heteroatoms. The van der Waals surface area contributed by atoms with Gasteiger partial charge >= 0.3 is 0 Å². The highest BCUT2D eigenvalue weighted by Crippen LogP contribution is 2.25. The summed E-state index contributed by atoms with van der Waals surface area (Å²) in [5, 5.41) is 2.89. The molecule has 2 aromatic rings. The minimum Gasteiger partial charge on any atom is -0.325 e. The van der Waals surface area contributed by atoms with Crippen molar-refractivity contribution in [2.45, 2.75) is 11.8 Å². The van der Waals surface area contributed by atoms with Crippen molar-refractivity contribution in [2.24, 2.45) is 0 Å². The van der Waals surface area contributed by atoms with Crippen molar-refractivity contribution in [3.05, 3.63) is 53.6 Å². The zero-order valence-corrected chi connectivity index (χ0v) is 12.7. The summed E-state index contributed by atoms with van der Waals surface area (Å²) >= 11 is 5.80. The summed E-state index contributed by atoms with van der Waals surface area (Å²) in [6, 6.07) is 12.5. The molecule has 0 aromatic heterocycles. The molecule has 21 heavy (non-hydrogen) atoms. The topological polar surface area (TPSA) is 75.3 Å². The van der Waals surface area contributed by atoms with Gasteiger partial charge in [0.25, 0.3) is 10.0 Å². The van der Waals surface area contributed by atoms with E-state index in [4.69, 9.17) is 11.6 Å². The second kappa shape index (κ2) is 6.15. The molecule has 0 atom stereocenters. The maximum absolute atomic E-state index is 12.3. The molecule has 2 rings (SSSR count). The van der Waals surface area contributed by atoms with Gasteiger partial charge in [-0.1, -0.05) is 29.8 Å². The summed E-state index contributed by atoms with van der Waals surface area (Å²) < 4.78 is 27.1. The van der Waals surface area contributed by atoms with Gasteiger partial charge < -0.3 is 5.32 Å². The Morgan fingerprint density at radius 1 is 1.05 bits per heavy atom. The van der Waals surface area contributed by atoms with Crippen LogP contribution in [-0.4, -0.2) is 14.3 Å². The summed E-state index contributed by atoms with van der Waals surface area (Å²) in [5.41, 5.74) is 0.670. The molecule has 0 spiro atoms. The summed E-state index contributed by atoms with van der Waals surface area (Å²) in [4.78, 5) is 11.2. The Bertz CT molecular complexity index is 775. The fourth-order valence-corrected chi connectivity index (χ4v) is 3.09. The van der Waals surface area contributed by atoms with Crippen molar-refractivity contribution in [1.29, 1.82) is 0 Å². The minimum absolute atomic E-state index is 0.0487. The van der Waals surface area contributed by atoms with E-state index in [0.29, 0.717) is 10.7 Å². The lowest BCUT2D eigenvalue weighted by Gasteiger charge is -2.12. The number of para-hydroxylation sites is 2. The van der Waals surface area contributed by atoms with Crippen LogP contribution in [0.5, 0.6) is 0 Å². The lowest BCUT2D eigenvalue weighted by Crippen LogP contribution is -2.15. The Balaban J connectivity index is 2.35. The van der Waals surface area contributed by atoms with E-state index in [1.165, 1.54) is 19.1 Å². The highest BCUT2D eigenvalue weighted by molar-refractivity contribution is 7.92. The molecule has 0 bridgehead atoms. The first-order valence-electron chi connectivity index (χ1n) is 6.03. The van der Waals surface area contributed by atoms with Gasteiger partial charge in [-0.3, -0.25) is 9.52 Å². The van der Waals surface area contributed by atoms with Crippen LogP contribution in [0.15, 0.2) is 53.4 Å². The smallest absolute Gasteiger partial charge is 0.262 e. The first-order valence-corrected chi connectivity index (χ1v) is 7.89. The fraction of sp³-hybridized carbons (Fsp3) is 0.0714. The van der Waals surface area contributed by atoms with Crippen LogP contribution in [0.25, 0.3) is 0 Å². The first kappa shape index (κ1) is 15.3. The van der Waals surface area contributed by atoms with E-state index >= 15 is 0 Å². The molecule has 0 aliphatic heterocycles. The Labute approximate surface area is 128 Å². The van der Waals surface area contributed by atoms with Crippen molar-refractivity contribution in [3.8, 4) is 0 Å². The van der Waals surface area contributed by atoms with Crippen LogP contribution in [-0.2, 0) is 14.8 Å². The van der Waals surface area contributed by atoms with E-state index in [-0.39, 0.29) is 16.5 Å². The van der Waals surface area contributed by atoms with Crippen LogP contribution in [0.4, 0.5) is 11.4 Å². The molecule has 0 saturated heterocycles. The van der Waals surface area contributed by atoms with Gasteiger partial charge in [-0.15, -0.1) is 0 Å². The van der Waals surface area contributed by atoms with Crippen molar-refractivity contribution in [2.75, 3.05) is 10.0 Å². The summed E-state index contributed by atoms with van der Waals surface area (Å²) in [5.74, 6) is -0.288. The maximum atomic E-state index is 12.3. The molecule has 2 N–H and O–H groups in total. The summed E-state index contributed by atoms with van der Waals surface area (Å²) in [7, 11) is -3.78. The average molecular weight is 325 g/mol. The standard InChI is InChI=1S/C14H13ClN2O3S/c1-10(18)16-13-7-2-3-8-14(13)17-21(19,20)12-6-4-5-11(15)9-12/h2-9,17H,1H3,(H,16,18). The maximum Gasteiger partial charge on any atom is 0.262 e. The highest BCUT2D eigenvalue weighted by Gasteiger charge is 2.16. The predicted molar refractivity (Wildman–Crippen MR) is 83.0 cm³/mol. The number of hydrogen-bond acceptors (Lipinski definition) is 3. The zero-order valence-electron chi connectivity index (χ0n) is 11.1. The fourth-order valence-electron chi connectivity index (χ4n) is 1.71. The Morgan fingerprint density at radius 2 is 1.71 bits per heavy atom. The van der Waals surface area contributed by atoms with Gasteiger partial charge in [0.05, 0.1) is 16.3 Å². The molecular weight excluding hydrogens is 312 g/mol. The lowest BCUT2D eigenvalue weighted by atomic mass is 10.3. The lowest BCUT2D eigenvalue weighted by molar-refractivity contribution is -0.114. The van der Waals surface area contributed by atoms with Gasteiger partial charge in [-0.05, 0) is 30.3 Å². The highest BCUT2D eigenvalue weighted by atomic mass is 35.5. The van der Waals surface area contributed by atoms with Crippen LogP contribution < -0.4 is 10.0 Å². The van der Waals surface area contributed by atoms with Crippen molar-refractivity contribution >= 4 is 38.9 Å². The first-order chi connectivity index (χ1) is 9.88. The summed E-state index contributed by atoms with van der Waals surface area (Å²) in [6.45, 7) is 1.35. The third kappa shape index (κ3) is 3.96. The van der Waals surface area contributed by atoms with E-state index in [2.05, 4.69) is 10.0 Å². The normalized spacial score (nSPS) is 11.0. The Morgan fingerprint density at radius 3 is 2.33 bits per heavy atom. The second-order valence-corrected chi connectivity index (χ2v) is 6.41. The Kier molecular flexibility index (Phi) is 4.50. The number of halogens is 1. The number of hydrogen-bond donors (Lipinski definition) is 2. The van der Waals surface area contributed by atoms with E-state index in [9.17, 15) is 13.2 Å². The number of sulfonamides is 1. The molecule has 110 valence electrons. The number of anilines is 2. The van der Waals surface area contributed by atoms with Crippen LogP contribution in [0, 0.1) is 0 Å². The zero-order chi connectivity index (χ0) is 15.5. The number of nitrogens with one attached hydrogen (secondary N) is 2. The van der Waals surface area contributed by atoms with Gasteiger partial charge in [0.1, 0.15) is 0 Å². The molecular formula is C14H13ClN2O3S. The van der Waals surface area contributed by atoms with Gasteiger partial charge in [0, 0.05) is 11.9 Å². The molecule has 0 unspecified atom stereocenters. The number of benzene rings is 2. The van der Waals surface area contributed by atoms with Crippen LogP contribution in [0.2, 0.25) is 5.02 Å². The average Bonchev–Trinajstić information content (AvgIpc) is 2.40. The van der Waals surface area contributed by atoms with Gasteiger partial charge in [0.2, 0.25) is 5.91 Å². The van der Waals surface area contributed by atoms with E-state index in [0.717, 1.165) is 0 Å². The van der Waals surface area contributed by atoms with Crippen molar-refractivity contribution in [1.82, 2.24) is 0 Å². The molecule has 0 radical (unpaired) electrons. The number of carbonyl (C=O) groups excluding carboxylic acids is 1. The molecule has 5 nitrogen and oxygen atoms in total.